The fourth-order valence-corrected chi connectivity index (χ4v) is 1.98. The van der Waals surface area contributed by atoms with Crippen LogP contribution in [0.5, 0.6) is 0 Å². The first-order valence-electron chi connectivity index (χ1n) is 5.07. The Balaban J connectivity index is 2.61. The third-order valence-corrected chi connectivity index (χ3v) is 3.21. The van der Waals surface area contributed by atoms with Gasteiger partial charge in [0.1, 0.15) is 5.82 Å². The lowest BCUT2D eigenvalue weighted by atomic mass is 10.3. The zero-order valence-corrected chi connectivity index (χ0v) is 11.1. The Hall–Kier alpha value is -1.06. The van der Waals surface area contributed by atoms with Crippen molar-refractivity contribution in [2.45, 2.75) is 12.6 Å². The number of hydrogen-bond donors (Lipinski definition) is 2. The molecule has 1 heterocycles. The van der Waals surface area contributed by atoms with Crippen molar-refractivity contribution in [2.75, 3.05) is 17.6 Å². The SMILES string of the molecule is NS(=O)(=O)CCCNc1ncc(C(F)(F)F)cc1Cl. The van der Waals surface area contributed by atoms with Gasteiger partial charge in [-0.2, -0.15) is 13.2 Å². The Bertz CT molecular complexity index is 548. The molecule has 0 saturated carbocycles. The van der Waals surface area contributed by atoms with Crippen molar-refractivity contribution in [1.82, 2.24) is 4.98 Å². The molecule has 19 heavy (non-hydrogen) atoms. The number of nitrogens with two attached hydrogens (primary N) is 1. The van der Waals surface area contributed by atoms with Crippen LogP contribution in [-0.4, -0.2) is 25.7 Å². The minimum Gasteiger partial charge on any atom is -0.369 e. The van der Waals surface area contributed by atoms with Crippen LogP contribution in [0.15, 0.2) is 12.3 Å². The van der Waals surface area contributed by atoms with Crippen LogP contribution >= 0.6 is 11.6 Å². The molecule has 5 nitrogen and oxygen atoms in total. The molecule has 0 bridgehead atoms. The maximum atomic E-state index is 12.3. The summed E-state index contributed by atoms with van der Waals surface area (Å²) in [6.45, 7) is 0.175. The average Bonchev–Trinajstić information content (AvgIpc) is 2.23. The maximum absolute atomic E-state index is 12.3. The van der Waals surface area contributed by atoms with Crippen LogP contribution in [0.1, 0.15) is 12.0 Å². The number of halogens is 4. The zero-order chi connectivity index (χ0) is 14.7. The quantitative estimate of drug-likeness (QED) is 0.812. The summed E-state index contributed by atoms with van der Waals surface area (Å²) in [7, 11) is -3.56. The molecule has 0 atom stereocenters. The second-order valence-corrected chi connectivity index (χ2v) is 5.84. The van der Waals surface area contributed by atoms with Crippen LogP contribution in [0.3, 0.4) is 0 Å². The number of aromatic nitrogens is 1. The van der Waals surface area contributed by atoms with Gasteiger partial charge in [-0.05, 0) is 12.5 Å². The van der Waals surface area contributed by atoms with Gasteiger partial charge < -0.3 is 5.32 Å². The molecule has 0 aliphatic carbocycles. The molecule has 0 fully saturated rings. The highest BCUT2D eigenvalue weighted by Crippen LogP contribution is 2.32. The number of sulfonamides is 1. The van der Waals surface area contributed by atoms with Crippen LogP contribution in [-0.2, 0) is 16.2 Å². The van der Waals surface area contributed by atoms with Gasteiger partial charge in [-0.25, -0.2) is 18.5 Å². The third kappa shape index (κ3) is 5.62. The van der Waals surface area contributed by atoms with Gasteiger partial charge in [0.2, 0.25) is 10.0 Å². The van der Waals surface area contributed by atoms with E-state index in [0.717, 1.165) is 6.07 Å². The summed E-state index contributed by atoms with van der Waals surface area (Å²) in [4.78, 5) is 3.53. The Morgan fingerprint density at radius 1 is 1.42 bits per heavy atom. The van der Waals surface area contributed by atoms with Crippen molar-refractivity contribution in [3.8, 4) is 0 Å². The molecule has 1 aromatic rings. The van der Waals surface area contributed by atoms with Gasteiger partial charge in [-0.15, -0.1) is 0 Å². The Morgan fingerprint density at radius 3 is 2.53 bits per heavy atom. The van der Waals surface area contributed by atoms with E-state index in [0.29, 0.717) is 6.20 Å². The summed E-state index contributed by atoms with van der Waals surface area (Å²) in [5.74, 6) is -0.179. The normalized spacial score (nSPS) is 12.5. The molecule has 0 aliphatic heterocycles. The highest BCUT2D eigenvalue weighted by molar-refractivity contribution is 7.89. The minimum atomic E-state index is -4.51. The number of nitrogens with zero attached hydrogens (tertiary/aromatic N) is 1. The third-order valence-electron chi connectivity index (χ3n) is 2.07. The van der Waals surface area contributed by atoms with E-state index in [1.807, 2.05) is 0 Å². The highest BCUT2D eigenvalue weighted by Gasteiger charge is 2.31. The minimum absolute atomic E-state index is 0.0593. The molecule has 0 radical (unpaired) electrons. The smallest absolute Gasteiger partial charge is 0.369 e. The zero-order valence-electron chi connectivity index (χ0n) is 9.54. The fourth-order valence-electron chi connectivity index (χ4n) is 1.20. The molecule has 0 spiro atoms. The average molecular weight is 318 g/mol. The van der Waals surface area contributed by atoms with Crippen LogP contribution in [0.25, 0.3) is 0 Å². The second-order valence-electron chi connectivity index (χ2n) is 3.70. The van der Waals surface area contributed by atoms with Crippen LogP contribution in [0.2, 0.25) is 5.02 Å². The standard InChI is InChI=1S/C9H11ClF3N3O2S/c10-7-4-6(9(11,12)13)5-16-8(7)15-2-1-3-19(14,17)18/h4-5H,1-3H2,(H,15,16)(H2,14,17,18). The van der Waals surface area contributed by atoms with Crippen molar-refractivity contribution in [2.24, 2.45) is 5.14 Å². The van der Waals surface area contributed by atoms with E-state index < -0.39 is 21.8 Å². The van der Waals surface area contributed by atoms with Crippen LogP contribution in [0, 0.1) is 0 Å². The van der Waals surface area contributed by atoms with E-state index in [-0.39, 0.29) is 29.6 Å². The number of nitrogens with one attached hydrogen (secondary N) is 1. The monoisotopic (exact) mass is 317 g/mol. The summed E-state index contributed by atoms with van der Waals surface area (Å²) in [5, 5.41) is 7.23. The molecule has 10 heteroatoms. The van der Waals surface area contributed by atoms with Gasteiger partial charge in [0.15, 0.2) is 0 Å². The number of hydrogen-bond acceptors (Lipinski definition) is 4. The Morgan fingerprint density at radius 2 is 2.05 bits per heavy atom. The predicted octanol–water partition coefficient (Wildman–Crippen LogP) is 1.84. The van der Waals surface area contributed by atoms with Gasteiger partial charge in [0, 0.05) is 12.7 Å². The number of alkyl halides is 3. The van der Waals surface area contributed by atoms with Gasteiger partial charge >= 0.3 is 6.18 Å². The van der Waals surface area contributed by atoms with E-state index in [1.165, 1.54) is 0 Å². The van der Waals surface area contributed by atoms with Crippen LogP contribution in [0.4, 0.5) is 19.0 Å². The van der Waals surface area contributed by atoms with Crippen molar-refractivity contribution in [3.05, 3.63) is 22.8 Å². The molecule has 0 saturated heterocycles. The fraction of sp³-hybridized carbons (Fsp3) is 0.444. The summed E-state index contributed by atoms with van der Waals surface area (Å²) in [6, 6.07) is 0.747. The second kappa shape index (κ2) is 5.93. The molecular formula is C9H11ClF3N3O2S. The number of rotatable bonds is 5. The summed E-state index contributed by atoms with van der Waals surface area (Å²) < 4.78 is 58.3. The molecule has 1 rings (SSSR count). The van der Waals surface area contributed by atoms with E-state index in [2.05, 4.69) is 10.3 Å². The van der Waals surface area contributed by atoms with E-state index in [1.54, 1.807) is 0 Å². The van der Waals surface area contributed by atoms with Crippen molar-refractivity contribution < 1.29 is 21.6 Å². The molecule has 3 N–H and O–H groups in total. The van der Waals surface area contributed by atoms with Crippen molar-refractivity contribution >= 4 is 27.4 Å². The topological polar surface area (TPSA) is 85.1 Å². The largest absolute Gasteiger partial charge is 0.417 e. The van der Waals surface area contributed by atoms with E-state index >= 15 is 0 Å². The highest BCUT2D eigenvalue weighted by atomic mass is 35.5. The van der Waals surface area contributed by atoms with E-state index in [4.69, 9.17) is 16.7 Å². The first-order chi connectivity index (χ1) is 8.59. The van der Waals surface area contributed by atoms with Gasteiger partial charge in [-0.3, -0.25) is 0 Å². The first-order valence-corrected chi connectivity index (χ1v) is 7.16. The molecular weight excluding hydrogens is 307 g/mol. The lowest BCUT2D eigenvalue weighted by molar-refractivity contribution is -0.137. The molecule has 0 amide bonds. The lowest BCUT2D eigenvalue weighted by Gasteiger charge is -2.10. The maximum Gasteiger partial charge on any atom is 0.417 e. The molecule has 0 unspecified atom stereocenters. The molecule has 108 valence electrons. The first kappa shape index (κ1) is 16.0. The predicted molar refractivity (Wildman–Crippen MR) is 65.3 cm³/mol. The molecule has 1 aromatic heterocycles. The Kier molecular flexibility index (Phi) is 4.99. The summed E-state index contributed by atoms with van der Waals surface area (Å²) in [5.41, 5.74) is -0.951. The number of pyridine rings is 1. The Labute approximate surface area is 113 Å². The van der Waals surface area contributed by atoms with E-state index in [9.17, 15) is 21.6 Å². The van der Waals surface area contributed by atoms with Gasteiger partial charge in [0.25, 0.3) is 0 Å². The summed E-state index contributed by atoms with van der Waals surface area (Å²) >= 11 is 5.64. The number of primary sulfonamides is 1. The number of anilines is 1. The molecule has 0 aromatic carbocycles. The summed E-state index contributed by atoms with van der Waals surface area (Å²) in [6.07, 6.45) is -3.67. The van der Waals surface area contributed by atoms with Crippen molar-refractivity contribution in [1.29, 1.82) is 0 Å². The van der Waals surface area contributed by atoms with Gasteiger partial charge in [-0.1, -0.05) is 11.6 Å². The van der Waals surface area contributed by atoms with Gasteiger partial charge in [0.05, 0.1) is 16.3 Å². The molecule has 0 aliphatic rings. The lowest BCUT2D eigenvalue weighted by Crippen LogP contribution is -2.19. The van der Waals surface area contributed by atoms with Crippen molar-refractivity contribution in [3.63, 3.8) is 0 Å². The van der Waals surface area contributed by atoms with Crippen LogP contribution < -0.4 is 10.5 Å².